The lowest BCUT2D eigenvalue weighted by atomic mass is 9.82. The molecule has 1 aliphatic carbocycles. The highest BCUT2D eigenvalue weighted by Crippen LogP contribution is 2.51. The Labute approximate surface area is 371 Å². The molecule has 0 saturated heterocycles. The van der Waals surface area contributed by atoms with Gasteiger partial charge in [0.05, 0.1) is 11.0 Å². The van der Waals surface area contributed by atoms with Crippen molar-refractivity contribution in [2.24, 2.45) is 0 Å². The van der Waals surface area contributed by atoms with Crippen LogP contribution in [0.4, 0.5) is 17.1 Å². The van der Waals surface area contributed by atoms with Crippen LogP contribution in [0.5, 0.6) is 0 Å². The molecule has 302 valence electrons. The molecule has 0 radical (unpaired) electrons. The maximum absolute atomic E-state index is 6.63. The molecule has 0 N–H and O–H groups in total. The third-order valence-electron chi connectivity index (χ3n) is 13.8. The van der Waals surface area contributed by atoms with Crippen LogP contribution < -0.4 is 4.90 Å². The average molecular weight is 819 g/mol. The van der Waals surface area contributed by atoms with Crippen LogP contribution >= 0.6 is 0 Å². The van der Waals surface area contributed by atoms with E-state index in [1.807, 2.05) is 0 Å². The zero-order valence-electron chi connectivity index (χ0n) is 35.6. The monoisotopic (exact) mass is 818 g/mol. The number of hydrogen-bond acceptors (Lipinski definition) is 2. The van der Waals surface area contributed by atoms with Crippen LogP contribution in [0.3, 0.4) is 0 Å². The molecule has 12 aromatic rings. The van der Waals surface area contributed by atoms with Gasteiger partial charge in [-0.3, -0.25) is 0 Å². The van der Waals surface area contributed by atoms with E-state index in [9.17, 15) is 0 Å². The predicted octanol–water partition coefficient (Wildman–Crippen LogP) is 16.9. The van der Waals surface area contributed by atoms with E-state index in [0.29, 0.717) is 0 Å². The van der Waals surface area contributed by atoms with Gasteiger partial charge in [0, 0.05) is 55.1 Å². The molecule has 13 rings (SSSR count). The van der Waals surface area contributed by atoms with Crippen LogP contribution in [-0.2, 0) is 5.41 Å². The Kier molecular flexibility index (Phi) is 7.95. The lowest BCUT2D eigenvalue weighted by Gasteiger charge is -2.28. The number of hydrogen-bond donors (Lipinski definition) is 0. The molecule has 3 heteroatoms. The Balaban J connectivity index is 0.920. The van der Waals surface area contributed by atoms with E-state index in [-0.39, 0.29) is 5.41 Å². The molecule has 2 heterocycles. The molecular weight excluding hydrogens is 777 g/mol. The summed E-state index contributed by atoms with van der Waals surface area (Å²) in [5.74, 6) is 0. The zero-order chi connectivity index (χ0) is 42.5. The minimum Gasteiger partial charge on any atom is -0.455 e. The number of para-hydroxylation sites is 2. The third kappa shape index (κ3) is 5.54. The number of benzene rings is 10. The van der Waals surface area contributed by atoms with Crippen molar-refractivity contribution >= 4 is 71.6 Å². The molecule has 10 aromatic carbocycles. The molecule has 0 atom stereocenters. The largest absolute Gasteiger partial charge is 0.455 e. The summed E-state index contributed by atoms with van der Waals surface area (Å²) < 4.78 is 9.02. The van der Waals surface area contributed by atoms with Crippen LogP contribution in [-0.4, -0.2) is 4.57 Å². The molecule has 2 aromatic heterocycles. The van der Waals surface area contributed by atoms with E-state index in [1.165, 1.54) is 55.0 Å². The van der Waals surface area contributed by atoms with Crippen LogP contribution in [0.2, 0.25) is 0 Å². The van der Waals surface area contributed by atoms with Crippen LogP contribution in [0, 0.1) is 0 Å². The summed E-state index contributed by atoms with van der Waals surface area (Å²) in [4.78, 5) is 2.41. The summed E-state index contributed by atoms with van der Waals surface area (Å²) in [5, 5.41) is 7.12. The van der Waals surface area contributed by atoms with Crippen molar-refractivity contribution in [3.05, 3.63) is 230 Å². The van der Waals surface area contributed by atoms with Gasteiger partial charge in [-0.05, 0) is 129 Å². The molecule has 0 unspecified atom stereocenters. The SMILES string of the molecule is CC1(C)c2ccccc2-c2ccc(N(c3ccc(-c4cccc(-n5c6ccccc6c6ccccc65)c4)cc3)c3cccc(-c4ccc5c(c4)oc4c6ccccc6ccc54)c3)cc21. The second-order valence-corrected chi connectivity index (χ2v) is 17.7. The number of furan rings is 1. The molecule has 0 bridgehead atoms. The van der Waals surface area contributed by atoms with Gasteiger partial charge in [0.2, 0.25) is 0 Å². The first kappa shape index (κ1) is 36.5. The van der Waals surface area contributed by atoms with Crippen LogP contribution in [0.25, 0.3) is 93.6 Å². The Morgan fingerprint density at radius 1 is 0.391 bits per heavy atom. The van der Waals surface area contributed by atoms with Crippen molar-refractivity contribution in [2.75, 3.05) is 4.90 Å². The summed E-state index contributed by atoms with van der Waals surface area (Å²) in [7, 11) is 0. The average Bonchev–Trinajstić information content (AvgIpc) is 3.97. The Morgan fingerprint density at radius 2 is 1.00 bits per heavy atom. The standard InChI is InChI=1S/C61H42N2O/c1-61(2)55-22-8-5-19-49(55)50-34-31-47(38-56(50)61)62(45-16-12-15-42(36-45)43-28-32-53-54-33-27-40-13-3-4-18-48(40)60(54)64-59(53)37-43)44-29-25-39(26-30-44)41-14-11-17-46(35-41)63-57-23-9-6-20-51(57)52-21-7-10-24-58(52)63/h3-38H,1-2H3. The van der Waals surface area contributed by atoms with Gasteiger partial charge >= 0.3 is 0 Å². The highest BCUT2D eigenvalue weighted by atomic mass is 16.3. The number of fused-ring (bicyclic) bond motifs is 11. The van der Waals surface area contributed by atoms with E-state index in [1.54, 1.807) is 0 Å². The highest BCUT2D eigenvalue weighted by Gasteiger charge is 2.35. The second kappa shape index (κ2) is 13.9. The van der Waals surface area contributed by atoms with Crippen molar-refractivity contribution in [3.8, 4) is 39.1 Å². The Hall–Kier alpha value is -8.14. The lowest BCUT2D eigenvalue weighted by Crippen LogP contribution is -2.16. The van der Waals surface area contributed by atoms with Crippen molar-refractivity contribution in [1.82, 2.24) is 4.57 Å². The first-order valence-corrected chi connectivity index (χ1v) is 22.2. The maximum Gasteiger partial charge on any atom is 0.143 e. The van der Waals surface area contributed by atoms with E-state index < -0.39 is 0 Å². The van der Waals surface area contributed by atoms with Crippen molar-refractivity contribution in [3.63, 3.8) is 0 Å². The number of anilines is 3. The molecule has 1 aliphatic rings. The quantitative estimate of drug-likeness (QED) is 0.167. The van der Waals surface area contributed by atoms with Crippen LogP contribution in [0.15, 0.2) is 223 Å². The number of aromatic nitrogens is 1. The summed E-state index contributed by atoms with van der Waals surface area (Å²) >= 11 is 0. The van der Waals surface area contributed by atoms with Crippen molar-refractivity contribution in [2.45, 2.75) is 19.3 Å². The molecule has 0 fully saturated rings. The van der Waals surface area contributed by atoms with Gasteiger partial charge in [0.15, 0.2) is 0 Å². The molecule has 3 nitrogen and oxygen atoms in total. The topological polar surface area (TPSA) is 21.3 Å². The minimum absolute atomic E-state index is 0.131. The second-order valence-electron chi connectivity index (χ2n) is 17.7. The Bertz CT molecular complexity index is 3770. The summed E-state index contributed by atoms with van der Waals surface area (Å²) in [6.07, 6.45) is 0. The van der Waals surface area contributed by atoms with E-state index in [4.69, 9.17) is 4.42 Å². The van der Waals surface area contributed by atoms with E-state index in [2.05, 4.69) is 242 Å². The molecule has 0 amide bonds. The number of nitrogens with zero attached hydrogens (tertiary/aromatic N) is 2. The fourth-order valence-electron chi connectivity index (χ4n) is 10.6. The van der Waals surface area contributed by atoms with E-state index in [0.717, 1.165) is 66.8 Å². The smallest absolute Gasteiger partial charge is 0.143 e. The summed E-state index contributed by atoms with van der Waals surface area (Å²) in [5.41, 5.74) is 18.5. The molecule has 0 aliphatic heterocycles. The maximum atomic E-state index is 6.63. The van der Waals surface area contributed by atoms with E-state index >= 15 is 0 Å². The van der Waals surface area contributed by atoms with Gasteiger partial charge in [0.1, 0.15) is 11.2 Å². The highest BCUT2D eigenvalue weighted by molar-refractivity contribution is 6.15. The van der Waals surface area contributed by atoms with Gasteiger partial charge in [0.25, 0.3) is 0 Å². The van der Waals surface area contributed by atoms with Gasteiger partial charge in [-0.15, -0.1) is 0 Å². The first-order valence-electron chi connectivity index (χ1n) is 22.2. The first-order chi connectivity index (χ1) is 31.5. The Morgan fingerprint density at radius 3 is 1.81 bits per heavy atom. The number of rotatable bonds is 6. The van der Waals surface area contributed by atoms with Gasteiger partial charge in [-0.25, -0.2) is 0 Å². The summed E-state index contributed by atoms with van der Waals surface area (Å²) in [6, 6.07) is 79.7. The molecule has 0 spiro atoms. The fourth-order valence-corrected chi connectivity index (χ4v) is 10.6. The van der Waals surface area contributed by atoms with Gasteiger partial charge in [-0.1, -0.05) is 153 Å². The molecular formula is C61H42N2O. The molecule has 0 saturated carbocycles. The van der Waals surface area contributed by atoms with Crippen molar-refractivity contribution < 1.29 is 4.42 Å². The fraction of sp³-hybridized carbons (Fsp3) is 0.0492. The van der Waals surface area contributed by atoms with Gasteiger partial charge in [-0.2, -0.15) is 0 Å². The minimum atomic E-state index is -0.131. The van der Waals surface area contributed by atoms with Gasteiger partial charge < -0.3 is 13.9 Å². The normalized spacial score (nSPS) is 13.0. The lowest BCUT2D eigenvalue weighted by molar-refractivity contribution is 0.660. The zero-order valence-corrected chi connectivity index (χ0v) is 35.6. The summed E-state index contributed by atoms with van der Waals surface area (Å²) in [6.45, 7) is 4.71. The predicted molar refractivity (Wildman–Crippen MR) is 269 cm³/mol. The van der Waals surface area contributed by atoms with Crippen molar-refractivity contribution in [1.29, 1.82) is 0 Å². The molecule has 64 heavy (non-hydrogen) atoms. The van der Waals surface area contributed by atoms with Crippen LogP contribution in [0.1, 0.15) is 25.0 Å². The third-order valence-corrected chi connectivity index (χ3v) is 13.8.